The number of amides is 1. The molecule has 3 aromatic rings. The number of aromatic nitrogens is 3. The molecule has 7 nitrogen and oxygen atoms in total. The molecule has 156 valence electrons. The second kappa shape index (κ2) is 7.97. The summed E-state index contributed by atoms with van der Waals surface area (Å²) in [5, 5.41) is 8.96. The standard InChI is InChI=1S/C23H28N6O/c1-18-7-10-26(11-8-18)21-5-6-22(25-24-21)27-12-14-28(15-13-27)23(30)19-16-20-4-2-3-9-29(20)17-19/h2-6,9,16-18H,7-8,10-15H2,1H3. The Labute approximate surface area is 176 Å². The SMILES string of the molecule is CC1CCN(c2ccc(N3CCN(C(=O)c4cc5ccccn5c4)CC3)nn2)CC1. The van der Waals surface area contributed by atoms with Crippen LogP contribution in [-0.4, -0.2) is 64.7 Å². The summed E-state index contributed by atoms with van der Waals surface area (Å²) in [6, 6.07) is 12.1. The molecular weight excluding hydrogens is 376 g/mol. The fourth-order valence-electron chi connectivity index (χ4n) is 4.39. The molecule has 0 spiro atoms. The molecule has 0 bridgehead atoms. The van der Waals surface area contributed by atoms with Crippen LogP contribution in [0.2, 0.25) is 0 Å². The van der Waals surface area contributed by atoms with Gasteiger partial charge in [0.2, 0.25) is 0 Å². The third-order valence-corrected chi connectivity index (χ3v) is 6.39. The van der Waals surface area contributed by atoms with E-state index in [9.17, 15) is 4.79 Å². The van der Waals surface area contributed by atoms with Gasteiger partial charge in [-0.2, -0.15) is 0 Å². The minimum Gasteiger partial charge on any atom is -0.355 e. The van der Waals surface area contributed by atoms with Crippen LogP contribution in [0.25, 0.3) is 5.52 Å². The number of pyridine rings is 1. The molecule has 2 fully saturated rings. The molecular formula is C23H28N6O. The van der Waals surface area contributed by atoms with Crippen molar-refractivity contribution in [3.63, 3.8) is 0 Å². The van der Waals surface area contributed by atoms with Gasteiger partial charge in [0.1, 0.15) is 0 Å². The summed E-state index contributed by atoms with van der Waals surface area (Å²) in [4.78, 5) is 19.4. The van der Waals surface area contributed by atoms with Gasteiger partial charge < -0.3 is 19.1 Å². The van der Waals surface area contributed by atoms with Crippen LogP contribution in [0.5, 0.6) is 0 Å². The Hall–Kier alpha value is -3.09. The number of anilines is 2. The molecule has 0 saturated carbocycles. The molecule has 0 radical (unpaired) electrons. The monoisotopic (exact) mass is 404 g/mol. The molecule has 0 aromatic carbocycles. The van der Waals surface area contributed by atoms with Crippen LogP contribution in [0.15, 0.2) is 48.8 Å². The second-order valence-corrected chi connectivity index (χ2v) is 8.46. The minimum absolute atomic E-state index is 0.0964. The number of fused-ring (bicyclic) bond motifs is 1. The lowest BCUT2D eigenvalue weighted by atomic mass is 9.99. The molecule has 2 aliphatic rings. The van der Waals surface area contributed by atoms with E-state index in [2.05, 4.69) is 39.1 Å². The van der Waals surface area contributed by atoms with Crippen LogP contribution < -0.4 is 9.80 Å². The lowest BCUT2D eigenvalue weighted by molar-refractivity contribution is 0.0746. The smallest absolute Gasteiger partial charge is 0.255 e. The molecule has 5 heterocycles. The van der Waals surface area contributed by atoms with Crippen molar-refractivity contribution in [2.24, 2.45) is 5.92 Å². The highest BCUT2D eigenvalue weighted by Crippen LogP contribution is 2.23. The zero-order valence-electron chi connectivity index (χ0n) is 17.4. The minimum atomic E-state index is 0.0964. The van der Waals surface area contributed by atoms with Gasteiger partial charge in [-0.1, -0.05) is 13.0 Å². The number of carbonyl (C=O) groups excluding carboxylic acids is 1. The van der Waals surface area contributed by atoms with Crippen LogP contribution in [0.3, 0.4) is 0 Å². The van der Waals surface area contributed by atoms with E-state index in [4.69, 9.17) is 0 Å². The van der Waals surface area contributed by atoms with Gasteiger partial charge in [-0.3, -0.25) is 4.79 Å². The van der Waals surface area contributed by atoms with Crippen LogP contribution in [-0.2, 0) is 0 Å². The normalized spacial score (nSPS) is 18.2. The van der Waals surface area contributed by atoms with Gasteiger partial charge in [0.15, 0.2) is 11.6 Å². The van der Waals surface area contributed by atoms with E-state index in [1.807, 2.05) is 46.0 Å². The maximum atomic E-state index is 12.9. The van der Waals surface area contributed by atoms with Crippen molar-refractivity contribution >= 4 is 23.1 Å². The number of nitrogens with zero attached hydrogens (tertiary/aromatic N) is 6. The zero-order chi connectivity index (χ0) is 20.5. The van der Waals surface area contributed by atoms with E-state index < -0.39 is 0 Å². The summed E-state index contributed by atoms with van der Waals surface area (Å²) >= 11 is 0. The second-order valence-electron chi connectivity index (χ2n) is 8.46. The molecule has 0 N–H and O–H groups in total. The first kappa shape index (κ1) is 18.9. The van der Waals surface area contributed by atoms with Crippen molar-refractivity contribution in [1.29, 1.82) is 0 Å². The van der Waals surface area contributed by atoms with Gasteiger partial charge in [0.25, 0.3) is 5.91 Å². The first-order chi connectivity index (χ1) is 14.7. The predicted molar refractivity (Wildman–Crippen MR) is 118 cm³/mol. The molecule has 3 aromatic heterocycles. The van der Waals surface area contributed by atoms with Crippen molar-refractivity contribution in [2.75, 3.05) is 49.1 Å². The number of piperidine rings is 1. The quantitative estimate of drug-likeness (QED) is 0.672. The van der Waals surface area contributed by atoms with Gasteiger partial charge in [0, 0.05) is 57.2 Å². The summed E-state index contributed by atoms with van der Waals surface area (Å²) in [6.07, 6.45) is 6.32. The molecule has 5 rings (SSSR count). The Bertz CT molecular complexity index is 981. The summed E-state index contributed by atoms with van der Waals surface area (Å²) in [5.74, 6) is 2.77. The average Bonchev–Trinajstić information content (AvgIpc) is 3.24. The van der Waals surface area contributed by atoms with Crippen molar-refractivity contribution in [2.45, 2.75) is 19.8 Å². The highest BCUT2D eigenvalue weighted by atomic mass is 16.2. The maximum Gasteiger partial charge on any atom is 0.255 e. The maximum absolute atomic E-state index is 12.9. The number of rotatable bonds is 3. The molecule has 2 aliphatic heterocycles. The van der Waals surface area contributed by atoms with E-state index in [1.54, 1.807) is 0 Å². The van der Waals surface area contributed by atoms with Crippen LogP contribution in [0.1, 0.15) is 30.1 Å². The zero-order valence-corrected chi connectivity index (χ0v) is 17.4. The van der Waals surface area contributed by atoms with Crippen molar-refractivity contribution in [3.8, 4) is 0 Å². The highest BCUT2D eigenvalue weighted by molar-refractivity contribution is 5.95. The Morgan fingerprint density at radius 2 is 1.57 bits per heavy atom. The van der Waals surface area contributed by atoms with Gasteiger partial charge in [-0.25, -0.2) is 0 Å². The Morgan fingerprint density at radius 1 is 0.900 bits per heavy atom. The van der Waals surface area contributed by atoms with Crippen LogP contribution in [0.4, 0.5) is 11.6 Å². The van der Waals surface area contributed by atoms with E-state index in [0.29, 0.717) is 13.1 Å². The van der Waals surface area contributed by atoms with Gasteiger partial charge in [0.05, 0.1) is 5.56 Å². The van der Waals surface area contributed by atoms with Gasteiger partial charge >= 0.3 is 0 Å². The number of hydrogen-bond acceptors (Lipinski definition) is 5. The summed E-state index contributed by atoms with van der Waals surface area (Å²) in [5.41, 5.74) is 1.78. The number of piperazine rings is 1. The largest absolute Gasteiger partial charge is 0.355 e. The fourth-order valence-corrected chi connectivity index (χ4v) is 4.39. The third-order valence-electron chi connectivity index (χ3n) is 6.39. The summed E-state index contributed by atoms with van der Waals surface area (Å²) < 4.78 is 1.99. The van der Waals surface area contributed by atoms with E-state index in [-0.39, 0.29) is 5.91 Å². The molecule has 30 heavy (non-hydrogen) atoms. The Balaban J connectivity index is 1.20. The van der Waals surface area contributed by atoms with Crippen LogP contribution in [0, 0.1) is 5.92 Å². The van der Waals surface area contributed by atoms with Crippen molar-refractivity contribution < 1.29 is 4.79 Å². The summed E-state index contributed by atoms with van der Waals surface area (Å²) in [7, 11) is 0. The first-order valence-electron chi connectivity index (χ1n) is 10.9. The van der Waals surface area contributed by atoms with Gasteiger partial charge in [-0.15, -0.1) is 10.2 Å². The van der Waals surface area contributed by atoms with Crippen LogP contribution >= 0.6 is 0 Å². The molecule has 2 saturated heterocycles. The Kier molecular flexibility index (Phi) is 5.02. The highest BCUT2D eigenvalue weighted by Gasteiger charge is 2.24. The number of hydrogen-bond donors (Lipinski definition) is 0. The lowest BCUT2D eigenvalue weighted by Gasteiger charge is -2.35. The third kappa shape index (κ3) is 3.72. The molecule has 0 aliphatic carbocycles. The van der Waals surface area contributed by atoms with Crippen molar-refractivity contribution in [1.82, 2.24) is 19.5 Å². The average molecular weight is 405 g/mol. The molecule has 0 atom stereocenters. The predicted octanol–water partition coefficient (Wildman–Crippen LogP) is 2.93. The molecule has 0 unspecified atom stereocenters. The van der Waals surface area contributed by atoms with E-state index in [0.717, 1.165) is 54.8 Å². The van der Waals surface area contributed by atoms with E-state index in [1.165, 1.54) is 12.8 Å². The summed E-state index contributed by atoms with van der Waals surface area (Å²) in [6.45, 7) is 7.37. The number of carbonyl (C=O) groups is 1. The molecule has 1 amide bonds. The first-order valence-corrected chi connectivity index (χ1v) is 10.9. The van der Waals surface area contributed by atoms with E-state index >= 15 is 0 Å². The van der Waals surface area contributed by atoms with Gasteiger partial charge in [-0.05, 0) is 49.1 Å². The fraction of sp³-hybridized carbons (Fsp3) is 0.435. The molecule has 7 heteroatoms. The Morgan fingerprint density at radius 3 is 2.20 bits per heavy atom. The topological polar surface area (TPSA) is 57.0 Å². The lowest BCUT2D eigenvalue weighted by Crippen LogP contribution is -2.49. The van der Waals surface area contributed by atoms with Crippen molar-refractivity contribution in [3.05, 3.63) is 54.4 Å².